The Kier molecular flexibility index (Phi) is 5.32. The molecule has 0 unspecified atom stereocenters. The smallest absolute Gasteiger partial charge is 0.301 e. The molecule has 0 N–H and O–H groups in total. The number of allylic oxidation sites excluding steroid dienone is 5. The molecule has 0 saturated carbocycles. The van der Waals surface area contributed by atoms with Crippen LogP contribution in [0, 0.1) is 11.8 Å². The van der Waals surface area contributed by atoms with Gasteiger partial charge in [0.2, 0.25) is 0 Å². The van der Waals surface area contributed by atoms with Gasteiger partial charge in [0.25, 0.3) is 0 Å². The predicted octanol–water partition coefficient (Wildman–Crippen LogP) is 5.28. The molecule has 2 heteroatoms. The summed E-state index contributed by atoms with van der Waals surface area (Å²) in [5, 5.41) is 0. The first kappa shape index (κ1) is 15.6. The summed E-state index contributed by atoms with van der Waals surface area (Å²) in [6.45, 7) is 9.34. The lowest BCUT2D eigenvalue weighted by atomic mass is 9.51. The van der Waals surface area contributed by atoms with Crippen LogP contribution in [0.25, 0.3) is 0 Å². The topological polar surface area (TPSA) is 9.23 Å². The molecule has 1 saturated heterocycles. The second kappa shape index (κ2) is 6.80. The van der Waals surface area contributed by atoms with Gasteiger partial charge in [-0.1, -0.05) is 63.1 Å². The zero-order chi connectivity index (χ0) is 14.6. The van der Waals surface area contributed by atoms with E-state index in [0.29, 0.717) is 24.6 Å². The van der Waals surface area contributed by atoms with Crippen molar-refractivity contribution < 1.29 is 4.65 Å². The fraction of sp³-hybridized carbons (Fsp3) is 0.667. The number of hydrogen-bond acceptors (Lipinski definition) is 1. The van der Waals surface area contributed by atoms with E-state index >= 15 is 0 Å². The summed E-state index contributed by atoms with van der Waals surface area (Å²) in [7, 11) is 0. The van der Waals surface area contributed by atoms with E-state index in [1.807, 2.05) is 0 Å². The minimum absolute atomic E-state index is 0.0344. The second-order valence-corrected chi connectivity index (χ2v) is 6.72. The molecular weight excluding hydrogens is 243 g/mol. The molecule has 110 valence electrons. The Morgan fingerprint density at radius 1 is 1.10 bits per heavy atom. The second-order valence-electron chi connectivity index (χ2n) is 6.72. The van der Waals surface area contributed by atoms with Gasteiger partial charge in [0.15, 0.2) is 0 Å². The highest BCUT2D eigenvalue weighted by Gasteiger charge is 2.48. The van der Waals surface area contributed by atoms with E-state index in [1.54, 1.807) is 0 Å². The van der Waals surface area contributed by atoms with E-state index in [1.165, 1.54) is 25.6 Å². The van der Waals surface area contributed by atoms with Crippen molar-refractivity contribution in [3.63, 3.8) is 0 Å². The maximum Gasteiger partial charge on any atom is 0.301 e. The number of rotatable bonds is 5. The first-order chi connectivity index (χ1) is 9.58. The third-order valence-electron chi connectivity index (χ3n) is 4.58. The molecule has 0 aromatic heterocycles. The number of hydrogen-bond donors (Lipinski definition) is 0. The molecule has 0 bridgehead atoms. The van der Waals surface area contributed by atoms with Crippen molar-refractivity contribution in [3.05, 3.63) is 36.5 Å². The van der Waals surface area contributed by atoms with Gasteiger partial charge < -0.3 is 4.65 Å². The van der Waals surface area contributed by atoms with E-state index in [0.717, 1.165) is 0 Å². The summed E-state index contributed by atoms with van der Waals surface area (Å²) >= 11 is 0. The molecule has 3 atom stereocenters. The lowest BCUT2D eigenvalue weighted by Crippen LogP contribution is -2.27. The number of fused-ring (bicyclic) bond motifs is 1. The van der Waals surface area contributed by atoms with Gasteiger partial charge in [-0.15, -0.1) is 0 Å². The lowest BCUT2D eigenvalue weighted by molar-refractivity contribution is 0.102. The van der Waals surface area contributed by atoms with Gasteiger partial charge in [0, 0.05) is 11.8 Å². The Labute approximate surface area is 125 Å². The molecular formula is C18H29BO. The van der Waals surface area contributed by atoms with Crippen molar-refractivity contribution >= 4 is 6.92 Å². The maximum absolute atomic E-state index is 6.31. The van der Waals surface area contributed by atoms with E-state index in [4.69, 9.17) is 4.65 Å². The van der Waals surface area contributed by atoms with Crippen molar-refractivity contribution in [1.82, 2.24) is 0 Å². The molecule has 0 amide bonds. The Balaban J connectivity index is 2.13. The summed E-state index contributed by atoms with van der Waals surface area (Å²) in [6, 6.07) is 0. The molecule has 1 aliphatic heterocycles. The van der Waals surface area contributed by atoms with Crippen LogP contribution >= 0.6 is 0 Å². The highest BCUT2D eigenvalue weighted by Crippen LogP contribution is 2.47. The van der Waals surface area contributed by atoms with Crippen LogP contribution in [0.2, 0.25) is 12.1 Å². The lowest BCUT2D eigenvalue weighted by Gasteiger charge is -2.26. The molecule has 1 nitrogen and oxygen atoms in total. The van der Waals surface area contributed by atoms with Crippen molar-refractivity contribution in [1.29, 1.82) is 0 Å². The van der Waals surface area contributed by atoms with Crippen LogP contribution in [0.5, 0.6) is 0 Å². The van der Waals surface area contributed by atoms with Gasteiger partial charge >= 0.3 is 6.92 Å². The van der Waals surface area contributed by atoms with Gasteiger partial charge in [-0.25, -0.2) is 0 Å². The van der Waals surface area contributed by atoms with Crippen molar-refractivity contribution in [2.45, 2.75) is 64.7 Å². The molecule has 0 aromatic carbocycles. The first-order valence-corrected chi connectivity index (χ1v) is 8.29. The Hall–Kier alpha value is -0.755. The van der Waals surface area contributed by atoms with Gasteiger partial charge in [-0.3, -0.25) is 0 Å². The van der Waals surface area contributed by atoms with Crippen molar-refractivity contribution in [2.24, 2.45) is 11.8 Å². The molecule has 1 aliphatic carbocycles. The summed E-state index contributed by atoms with van der Waals surface area (Å²) in [5.41, 5.74) is -0.0344. The molecule has 20 heavy (non-hydrogen) atoms. The van der Waals surface area contributed by atoms with E-state index in [2.05, 4.69) is 64.2 Å². The minimum atomic E-state index is -0.0344. The van der Waals surface area contributed by atoms with Crippen molar-refractivity contribution in [2.75, 3.05) is 0 Å². The molecule has 2 aliphatic rings. The molecule has 1 fully saturated rings. The average Bonchev–Trinajstić information content (AvgIpc) is 2.56. The third-order valence-corrected chi connectivity index (χ3v) is 4.58. The van der Waals surface area contributed by atoms with Gasteiger partial charge in [-0.05, 0) is 32.4 Å². The van der Waals surface area contributed by atoms with Gasteiger partial charge in [0.1, 0.15) is 0 Å². The minimum Gasteiger partial charge on any atom is -0.430 e. The third kappa shape index (κ3) is 3.46. The fourth-order valence-corrected chi connectivity index (χ4v) is 3.50. The molecule has 0 radical (unpaired) electrons. The van der Waals surface area contributed by atoms with E-state index < -0.39 is 0 Å². The largest absolute Gasteiger partial charge is 0.430 e. The Morgan fingerprint density at radius 2 is 1.85 bits per heavy atom. The average molecular weight is 272 g/mol. The fourth-order valence-electron chi connectivity index (χ4n) is 3.50. The highest BCUT2D eigenvalue weighted by atomic mass is 16.5. The first-order valence-electron chi connectivity index (χ1n) is 8.29. The van der Waals surface area contributed by atoms with Crippen LogP contribution in [0.1, 0.15) is 47.0 Å². The van der Waals surface area contributed by atoms with Gasteiger partial charge in [0.05, 0.1) is 5.60 Å². The predicted molar refractivity (Wildman–Crippen MR) is 89.1 cm³/mol. The quantitative estimate of drug-likeness (QED) is 0.488. The molecule has 0 spiro atoms. The zero-order valence-electron chi connectivity index (χ0n) is 13.5. The van der Waals surface area contributed by atoms with Crippen LogP contribution < -0.4 is 0 Å². The van der Waals surface area contributed by atoms with Crippen LogP contribution in [0.15, 0.2) is 36.5 Å². The van der Waals surface area contributed by atoms with Gasteiger partial charge in [-0.2, -0.15) is 0 Å². The monoisotopic (exact) mass is 272 g/mol. The normalized spacial score (nSPS) is 31.8. The van der Waals surface area contributed by atoms with Crippen LogP contribution in [-0.2, 0) is 4.65 Å². The summed E-state index contributed by atoms with van der Waals surface area (Å²) in [6.07, 6.45) is 18.9. The molecule has 0 aromatic rings. The summed E-state index contributed by atoms with van der Waals surface area (Å²) in [5.74, 6) is 1.52. The van der Waals surface area contributed by atoms with E-state index in [-0.39, 0.29) is 5.60 Å². The Bertz CT molecular complexity index is 394. The van der Waals surface area contributed by atoms with Crippen LogP contribution in [0.4, 0.5) is 0 Å². The standard InChI is InChI=1S/C18H29BO/c1-5-7-8-9-15-10-12-16-17(13-11-15)19(14-6-2)20-18(16,3)4/h8-13,15-17H,5-7,14H2,1-4H3/b9-8+/t15-,16+,17-/m0/s1. The molecule has 1 heterocycles. The maximum atomic E-state index is 6.31. The summed E-state index contributed by atoms with van der Waals surface area (Å²) in [4.78, 5) is 0. The zero-order valence-corrected chi connectivity index (χ0v) is 13.5. The highest BCUT2D eigenvalue weighted by molar-refractivity contribution is 6.55. The van der Waals surface area contributed by atoms with Crippen LogP contribution in [0.3, 0.4) is 0 Å². The Morgan fingerprint density at radius 3 is 2.55 bits per heavy atom. The van der Waals surface area contributed by atoms with Crippen LogP contribution in [-0.4, -0.2) is 12.5 Å². The SMILES string of the molecule is CCC/C=C/[C@@H]1C=C[C@@H]2B(CCC)OC(C)(C)[C@@H]2C=C1. The summed E-state index contributed by atoms with van der Waals surface area (Å²) < 4.78 is 6.31. The molecule has 2 rings (SSSR count). The number of unbranched alkanes of at least 4 members (excludes halogenated alkanes) is 1. The van der Waals surface area contributed by atoms with E-state index in [9.17, 15) is 0 Å². The van der Waals surface area contributed by atoms with Crippen molar-refractivity contribution in [3.8, 4) is 0 Å².